The van der Waals surface area contributed by atoms with Crippen molar-refractivity contribution in [2.24, 2.45) is 5.92 Å². The molecule has 2 fully saturated rings. The molecule has 0 aromatic heterocycles. The highest BCUT2D eigenvalue weighted by atomic mass is 16.5. The fraction of sp³-hybridized carbons (Fsp3) is 0.429. The van der Waals surface area contributed by atoms with Crippen LogP contribution >= 0.6 is 0 Å². The Kier molecular flexibility index (Phi) is 8.36. The second kappa shape index (κ2) is 11.8. The van der Waals surface area contributed by atoms with Gasteiger partial charge in [0, 0.05) is 31.6 Å². The fourth-order valence-electron chi connectivity index (χ4n) is 4.90. The minimum atomic E-state index is -0.0494. The lowest BCUT2D eigenvalue weighted by molar-refractivity contribution is -0.132. The third-order valence-corrected chi connectivity index (χ3v) is 6.92. The molecular weight excluding hydrogens is 426 g/mol. The van der Waals surface area contributed by atoms with E-state index in [1.807, 2.05) is 53.4 Å². The predicted octanol–water partition coefficient (Wildman–Crippen LogP) is 3.90. The lowest BCUT2D eigenvalue weighted by atomic mass is 9.95. The average Bonchev–Trinajstić information content (AvgIpc) is 3.43. The first-order valence-electron chi connectivity index (χ1n) is 12.3. The fourth-order valence-corrected chi connectivity index (χ4v) is 4.90. The van der Waals surface area contributed by atoms with E-state index in [0.29, 0.717) is 32.5 Å². The third kappa shape index (κ3) is 6.26. The van der Waals surface area contributed by atoms with Gasteiger partial charge in [0.2, 0.25) is 11.8 Å². The molecule has 0 radical (unpaired) electrons. The van der Waals surface area contributed by atoms with Crippen molar-refractivity contribution in [3.8, 4) is 5.75 Å². The van der Waals surface area contributed by atoms with Gasteiger partial charge >= 0.3 is 0 Å². The van der Waals surface area contributed by atoms with Gasteiger partial charge in [0.15, 0.2) is 0 Å². The Labute approximate surface area is 202 Å². The van der Waals surface area contributed by atoms with E-state index in [-0.39, 0.29) is 23.8 Å². The number of methoxy groups -OCH3 is 1. The maximum Gasteiger partial charge on any atom is 0.246 e. The van der Waals surface area contributed by atoms with Crippen LogP contribution in [0.5, 0.6) is 5.75 Å². The molecule has 1 N–H and O–H groups in total. The first-order valence-corrected chi connectivity index (χ1v) is 12.3. The molecule has 2 aliphatic heterocycles. The van der Waals surface area contributed by atoms with Crippen molar-refractivity contribution in [1.82, 2.24) is 15.1 Å². The molecule has 2 amide bonds. The normalized spacial score (nSPS) is 18.2. The molecule has 0 spiro atoms. The molecule has 34 heavy (non-hydrogen) atoms. The number of ether oxygens (including phenoxy) is 1. The van der Waals surface area contributed by atoms with Crippen LogP contribution in [0.1, 0.15) is 42.9 Å². The van der Waals surface area contributed by atoms with Crippen molar-refractivity contribution in [2.75, 3.05) is 39.8 Å². The Morgan fingerprint density at radius 3 is 2.47 bits per heavy atom. The number of likely N-dealkylation sites (tertiary alicyclic amines) is 2. The molecule has 180 valence electrons. The summed E-state index contributed by atoms with van der Waals surface area (Å²) >= 11 is 0. The molecule has 2 aromatic rings. The molecule has 2 aromatic carbocycles. The summed E-state index contributed by atoms with van der Waals surface area (Å²) in [4.78, 5) is 29.8. The molecular formula is C28H35N3O3. The van der Waals surface area contributed by atoms with Crippen molar-refractivity contribution in [3.63, 3.8) is 0 Å². The number of benzene rings is 2. The molecule has 1 atom stereocenters. The van der Waals surface area contributed by atoms with E-state index in [4.69, 9.17) is 4.74 Å². The van der Waals surface area contributed by atoms with Gasteiger partial charge in [-0.1, -0.05) is 42.5 Å². The van der Waals surface area contributed by atoms with Gasteiger partial charge in [0.25, 0.3) is 0 Å². The monoisotopic (exact) mass is 461 g/mol. The molecule has 0 saturated carbocycles. The van der Waals surface area contributed by atoms with E-state index < -0.39 is 0 Å². The summed E-state index contributed by atoms with van der Waals surface area (Å²) in [5, 5.41) is 3.22. The summed E-state index contributed by atoms with van der Waals surface area (Å²) in [5.41, 5.74) is 2.18. The largest absolute Gasteiger partial charge is 0.497 e. The zero-order chi connectivity index (χ0) is 23.8. The topological polar surface area (TPSA) is 61.9 Å². The van der Waals surface area contributed by atoms with E-state index in [1.54, 1.807) is 13.2 Å². The molecule has 6 heteroatoms. The van der Waals surface area contributed by atoms with Crippen molar-refractivity contribution >= 4 is 17.9 Å². The van der Waals surface area contributed by atoms with Gasteiger partial charge < -0.3 is 15.0 Å². The summed E-state index contributed by atoms with van der Waals surface area (Å²) in [7, 11) is 1.68. The van der Waals surface area contributed by atoms with Gasteiger partial charge in [-0.2, -0.15) is 0 Å². The molecule has 2 saturated heterocycles. The Morgan fingerprint density at radius 2 is 1.76 bits per heavy atom. The number of nitrogens with one attached hydrogen (secondary N) is 1. The van der Waals surface area contributed by atoms with Crippen molar-refractivity contribution in [2.45, 2.75) is 31.7 Å². The number of rotatable bonds is 8. The van der Waals surface area contributed by atoms with Gasteiger partial charge in [0.1, 0.15) is 5.75 Å². The summed E-state index contributed by atoms with van der Waals surface area (Å²) in [6.45, 7) is 3.91. The zero-order valence-corrected chi connectivity index (χ0v) is 20.0. The predicted molar refractivity (Wildman–Crippen MR) is 134 cm³/mol. The van der Waals surface area contributed by atoms with Crippen molar-refractivity contribution < 1.29 is 14.3 Å². The van der Waals surface area contributed by atoms with E-state index in [9.17, 15) is 9.59 Å². The third-order valence-electron chi connectivity index (χ3n) is 6.92. The second-order valence-corrected chi connectivity index (χ2v) is 9.12. The molecule has 2 heterocycles. The van der Waals surface area contributed by atoms with E-state index in [0.717, 1.165) is 24.4 Å². The number of piperidine rings is 1. The molecule has 0 bridgehead atoms. The Morgan fingerprint density at radius 1 is 1.03 bits per heavy atom. The first-order chi connectivity index (χ1) is 16.6. The Hall–Kier alpha value is -3.12. The number of amides is 2. The molecule has 4 rings (SSSR count). The highest BCUT2D eigenvalue weighted by molar-refractivity contribution is 5.92. The van der Waals surface area contributed by atoms with Crippen LogP contribution in [-0.4, -0.2) is 61.4 Å². The number of hydrogen-bond acceptors (Lipinski definition) is 4. The zero-order valence-electron chi connectivity index (χ0n) is 20.0. The highest BCUT2D eigenvalue weighted by Gasteiger charge is 2.29. The molecule has 6 nitrogen and oxygen atoms in total. The number of hydrogen-bond donors (Lipinski definition) is 1. The minimum Gasteiger partial charge on any atom is -0.497 e. The van der Waals surface area contributed by atoms with Crippen LogP contribution < -0.4 is 10.1 Å². The quantitative estimate of drug-likeness (QED) is 0.606. The van der Waals surface area contributed by atoms with Crippen molar-refractivity contribution in [3.05, 3.63) is 71.8 Å². The van der Waals surface area contributed by atoms with E-state index >= 15 is 0 Å². The Balaban J connectivity index is 1.29. The van der Waals surface area contributed by atoms with Gasteiger partial charge in [-0.25, -0.2) is 0 Å². The summed E-state index contributed by atoms with van der Waals surface area (Å²) < 4.78 is 5.42. The van der Waals surface area contributed by atoms with Crippen LogP contribution in [-0.2, 0) is 9.59 Å². The lowest BCUT2D eigenvalue weighted by Crippen LogP contribution is -2.44. The number of carbonyl (C=O) groups excluding carboxylic acids is 2. The van der Waals surface area contributed by atoms with Gasteiger partial charge in [-0.3, -0.25) is 14.5 Å². The lowest BCUT2D eigenvalue weighted by Gasteiger charge is -2.32. The highest BCUT2D eigenvalue weighted by Crippen LogP contribution is 2.27. The summed E-state index contributed by atoms with van der Waals surface area (Å²) in [6, 6.07) is 18.1. The van der Waals surface area contributed by atoms with E-state index in [1.165, 1.54) is 18.4 Å². The summed E-state index contributed by atoms with van der Waals surface area (Å²) in [5.74, 6) is 0.895. The first kappa shape index (κ1) is 24.0. The van der Waals surface area contributed by atoms with Gasteiger partial charge in [-0.15, -0.1) is 0 Å². The van der Waals surface area contributed by atoms with Crippen LogP contribution in [0.3, 0.4) is 0 Å². The van der Waals surface area contributed by atoms with E-state index in [2.05, 4.69) is 22.3 Å². The van der Waals surface area contributed by atoms with Gasteiger partial charge in [0.05, 0.1) is 13.2 Å². The maximum absolute atomic E-state index is 13.0. The minimum absolute atomic E-state index is 0.00911. The van der Waals surface area contributed by atoms with Crippen LogP contribution in [0.2, 0.25) is 0 Å². The molecule has 2 aliphatic rings. The molecule has 0 aliphatic carbocycles. The van der Waals surface area contributed by atoms with Crippen LogP contribution in [0, 0.1) is 5.92 Å². The Bertz CT molecular complexity index is 977. The maximum atomic E-state index is 13.0. The average molecular weight is 462 g/mol. The molecule has 1 unspecified atom stereocenters. The van der Waals surface area contributed by atoms with Crippen LogP contribution in [0.15, 0.2) is 60.7 Å². The van der Waals surface area contributed by atoms with Crippen molar-refractivity contribution in [1.29, 1.82) is 0 Å². The van der Waals surface area contributed by atoms with Crippen LogP contribution in [0.4, 0.5) is 0 Å². The second-order valence-electron chi connectivity index (χ2n) is 9.12. The number of nitrogens with zero attached hydrogens (tertiary/aromatic N) is 2. The smallest absolute Gasteiger partial charge is 0.246 e. The number of carbonyl (C=O) groups is 2. The standard InChI is InChI=1S/C28H35N3O3/c1-34-25-11-7-10-24(20-25)26(30-16-5-6-17-30)21-29-28(33)23-14-18-31(19-15-23)27(32)13-12-22-8-3-2-4-9-22/h2-4,7-13,20,23,26H,5-6,14-19,21H2,1H3,(H,29,33)/b13-12+. The van der Waals surface area contributed by atoms with Gasteiger partial charge in [-0.05, 0) is 68.1 Å². The summed E-state index contributed by atoms with van der Waals surface area (Å²) in [6.07, 6.45) is 7.26. The van der Waals surface area contributed by atoms with Crippen LogP contribution in [0.25, 0.3) is 6.08 Å². The SMILES string of the molecule is COc1cccc(C(CNC(=O)C2CCN(C(=O)/C=C/c3ccccc3)CC2)N2CCCC2)c1.